The van der Waals surface area contributed by atoms with Crippen LogP contribution >= 0.6 is 0 Å². The van der Waals surface area contributed by atoms with Crippen LogP contribution in [0.1, 0.15) is 26.2 Å². The van der Waals surface area contributed by atoms with Gasteiger partial charge in [-0.25, -0.2) is 0 Å². The first-order valence-electron chi connectivity index (χ1n) is 3.62. The van der Waals surface area contributed by atoms with Crippen molar-refractivity contribution in [2.24, 2.45) is 0 Å². The molecule has 0 aromatic rings. The normalized spacial score (nSPS) is 8.20. The summed E-state index contributed by atoms with van der Waals surface area (Å²) in [6.45, 7) is 2.92. The fraction of sp³-hybridized carbons (Fsp3) is 0.750. The topological polar surface area (TPSA) is 29.5 Å². The zero-order valence-corrected chi connectivity index (χ0v) is 6.39. The van der Waals surface area contributed by atoms with Crippen molar-refractivity contribution in [3.63, 3.8) is 0 Å². The van der Waals surface area contributed by atoms with Crippen molar-refractivity contribution in [2.45, 2.75) is 26.2 Å². The second kappa shape index (κ2) is 8.32. The summed E-state index contributed by atoms with van der Waals surface area (Å²) < 4.78 is 4.90. The van der Waals surface area contributed by atoms with Gasteiger partial charge in [-0.15, -0.1) is 0 Å². The standard InChI is InChI=1S/C8H14O2/c1-2-3-7-10-8-5-4-6-9/h9H,2-4,6-7H2,1H3. The molecular weight excluding hydrogens is 128 g/mol. The van der Waals surface area contributed by atoms with Crippen LogP contribution in [0.2, 0.25) is 0 Å². The van der Waals surface area contributed by atoms with Gasteiger partial charge in [-0.05, 0) is 6.42 Å². The minimum Gasteiger partial charge on any atom is -0.447 e. The third kappa shape index (κ3) is 7.32. The second-order valence-corrected chi connectivity index (χ2v) is 1.95. The van der Waals surface area contributed by atoms with Crippen molar-refractivity contribution in [2.75, 3.05) is 13.2 Å². The van der Waals surface area contributed by atoms with Gasteiger partial charge in [0.2, 0.25) is 0 Å². The van der Waals surface area contributed by atoms with E-state index in [1.54, 1.807) is 0 Å². The van der Waals surface area contributed by atoms with Gasteiger partial charge >= 0.3 is 0 Å². The Morgan fingerprint density at radius 2 is 2.30 bits per heavy atom. The molecule has 2 heteroatoms. The number of aliphatic hydroxyl groups is 1. The SMILES string of the molecule is CCCCOC#CCCO. The van der Waals surface area contributed by atoms with E-state index >= 15 is 0 Å². The summed E-state index contributed by atoms with van der Waals surface area (Å²) in [6, 6.07) is 0. The van der Waals surface area contributed by atoms with Crippen LogP contribution in [0.5, 0.6) is 0 Å². The molecule has 0 aliphatic rings. The highest BCUT2D eigenvalue weighted by Crippen LogP contribution is 1.85. The molecule has 0 amide bonds. The van der Waals surface area contributed by atoms with Crippen LogP contribution in [-0.2, 0) is 4.74 Å². The van der Waals surface area contributed by atoms with Gasteiger partial charge < -0.3 is 9.84 Å². The number of unbranched alkanes of at least 4 members (excludes halogenated alkanes) is 1. The fourth-order valence-corrected chi connectivity index (χ4v) is 0.426. The van der Waals surface area contributed by atoms with Gasteiger partial charge in [-0.3, -0.25) is 0 Å². The van der Waals surface area contributed by atoms with Gasteiger partial charge in [0.15, 0.2) is 0 Å². The monoisotopic (exact) mass is 142 g/mol. The molecule has 0 radical (unpaired) electrons. The van der Waals surface area contributed by atoms with Crippen LogP contribution in [0.25, 0.3) is 0 Å². The van der Waals surface area contributed by atoms with Gasteiger partial charge in [0.1, 0.15) is 12.7 Å². The molecule has 0 unspecified atom stereocenters. The Kier molecular flexibility index (Phi) is 7.75. The molecule has 0 heterocycles. The van der Waals surface area contributed by atoms with Crippen molar-refractivity contribution in [3.05, 3.63) is 0 Å². The van der Waals surface area contributed by atoms with Crippen molar-refractivity contribution in [3.8, 4) is 12.0 Å². The lowest BCUT2D eigenvalue weighted by Gasteiger charge is -1.91. The second-order valence-electron chi connectivity index (χ2n) is 1.95. The molecule has 10 heavy (non-hydrogen) atoms. The van der Waals surface area contributed by atoms with E-state index in [2.05, 4.69) is 19.0 Å². The van der Waals surface area contributed by atoms with E-state index in [-0.39, 0.29) is 6.61 Å². The number of aliphatic hydroxyl groups excluding tert-OH is 1. The van der Waals surface area contributed by atoms with Crippen LogP contribution in [-0.4, -0.2) is 18.3 Å². The van der Waals surface area contributed by atoms with Crippen LogP contribution < -0.4 is 0 Å². The van der Waals surface area contributed by atoms with E-state index in [1.807, 2.05) is 0 Å². The summed E-state index contributed by atoms with van der Waals surface area (Å²) in [7, 11) is 0. The maximum absolute atomic E-state index is 8.31. The Morgan fingerprint density at radius 1 is 1.50 bits per heavy atom. The first kappa shape index (κ1) is 9.32. The van der Waals surface area contributed by atoms with Gasteiger partial charge in [0.25, 0.3) is 0 Å². The summed E-state index contributed by atoms with van der Waals surface area (Å²) in [5, 5.41) is 8.31. The summed E-state index contributed by atoms with van der Waals surface area (Å²) >= 11 is 0. The van der Waals surface area contributed by atoms with Crippen LogP contribution in [0.15, 0.2) is 0 Å². The molecule has 0 fully saturated rings. The summed E-state index contributed by atoms with van der Waals surface area (Å²) in [5.74, 6) is 2.67. The lowest BCUT2D eigenvalue weighted by atomic mass is 10.4. The molecule has 0 aromatic carbocycles. The molecule has 0 rings (SSSR count). The van der Waals surface area contributed by atoms with Crippen molar-refractivity contribution in [1.29, 1.82) is 0 Å². The molecular formula is C8H14O2. The molecule has 0 aliphatic heterocycles. The summed E-state index contributed by atoms with van der Waals surface area (Å²) in [4.78, 5) is 0. The third-order valence-electron chi connectivity index (χ3n) is 0.981. The molecule has 1 N–H and O–H groups in total. The van der Waals surface area contributed by atoms with E-state index in [0.717, 1.165) is 12.8 Å². The molecule has 0 bridgehead atoms. The van der Waals surface area contributed by atoms with Gasteiger partial charge in [-0.2, -0.15) is 0 Å². The molecule has 0 saturated heterocycles. The van der Waals surface area contributed by atoms with Crippen LogP contribution in [0.3, 0.4) is 0 Å². The van der Waals surface area contributed by atoms with Crippen molar-refractivity contribution >= 4 is 0 Å². The Labute approximate surface area is 62.2 Å². The predicted molar refractivity (Wildman–Crippen MR) is 40.3 cm³/mol. The zero-order chi connectivity index (χ0) is 7.66. The molecule has 0 spiro atoms. The summed E-state index contributed by atoms with van der Waals surface area (Å²) in [5.41, 5.74) is 0. The first-order valence-corrected chi connectivity index (χ1v) is 3.62. The zero-order valence-electron chi connectivity index (χ0n) is 6.39. The third-order valence-corrected chi connectivity index (χ3v) is 0.981. The highest BCUT2D eigenvalue weighted by molar-refractivity contribution is 4.90. The van der Waals surface area contributed by atoms with Crippen molar-refractivity contribution < 1.29 is 9.84 Å². The minimum absolute atomic E-state index is 0.115. The smallest absolute Gasteiger partial charge is 0.110 e. The van der Waals surface area contributed by atoms with Crippen molar-refractivity contribution in [1.82, 2.24) is 0 Å². The molecule has 2 nitrogen and oxygen atoms in total. The minimum atomic E-state index is 0.115. The van der Waals surface area contributed by atoms with Crippen LogP contribution in [0.4, 0.5) is 0 Å². The Hall–Kier alpha value is -0.680. The maximum atomic E-state index is 8.31. The number of rotatable bonds is 4. The van der Waals surface area contributed by atoms with Gasteiger partial charge in [-0.1, -0.05) is 19.3 Å². The average molecular weight is 142 g/mol. The number of ether oxygens (including phenoxy) is 1. The van der Waals surface area contributed by atoms with E-state index < -0.39 is 0 Å². The maximum Gasteiger partial charge on any atom is 0.110 e. The lowest BCUT2D eigenvalue weighted by molar-refractivity contribution is 0.268. The van der Waals surface area contributed by atoms with E-state index in [0.29, 0.717) is 13.0 Å². The molecule has 0 aliphatic carbocycles. The average Bonchev–Trinajstić information content (AvgIpc) is 1.97. The van der Waals surface area contributed by atoms with Crippen LogP contribution in [0, 0.1) is 12.0 Å². The predicted octanol–water partition coefficient (Wildman–Crippen LogP) is 1.15. The molecule has 0 saturated carbocycles. The largest absolute Gasteiger partial charge is 0.447 e. The lowest BCUT2D eigenvalue weighted by Crippen LogP contribution is -1.85. The molecule has 58 valence electrons. The fourth-order valence-electron chi connectivity index (χ4n) is 0.426. The highest BCUT2D eigenvalue weighted by Gasteiger charge is 1.79. The van der Waals surface area contributed by atoms with Gasteiger partial charge in [0.05, 0.1) is 6.61 Å². The Bertz CT molecular complexity index is 110. The highest BCUT2D eigenvalue weighted by atomic mass is 16.5. The Morgan fingerprint density at radius 3 is 2.90 bits per heavy atom. The quantitative estimate of drug-likeness (QED) is 0.471. The number of hydrogen-bond acceptors (Lipinski definition) is 2. The van der Waals surface area contributed by atoms with E-state index in [4.69, 9.17) is 9.84 Å². The summed E-state index contributed by atoms with van der Waals surface area (Å²) in [6.07, 6.45) is 5.19. The first-order chi connectivity index (χ1) is 4.91. The Balaban J connectivity index is 2.96. The van der Waals surface area contributed by atoms with E-state index in [9.17, 15) is 0 Å². The number of hydrogen-bond donors (Lipinski definition) is 1. The molecule has 0 atom stereocenters. The van der Waals surface area contributed by atoms with E-state index in [1.165, 1.54) is 0 Å². The molecule has 0 aromatic heterocycles. The van der Waals surface area contributed by atoms with Gasteiger partial charge in [0, 0.05) is 6.42 Å².